The van der Waals surface area contributed by atoms with Crippen LogP contribution in [0.4, 0.5) is 10.5 Å². The largest absolute Gasteiger partial charge is 0.347 e. The Kier molecular flexibility index (Phi) is 7.18. The fourth-order valence-corrected chi connectivity index (χ4v) is 7.58. The minimum absolute atomic E-state index is 0.0123. The molecule has 4 amide bonds. The average molecular weight is 544 g/mol. The first kappa shape index (κ1) is 25.7. The lowest BCUT2D eigenvalue weighted by molar-refractivity contribution is -0.128. The van der Waals surface area contributed by atoms with E-state index in [1.807, 2.05) is 42.2 Å². The van der Waals surface area contributed by atoms with E-state index >= 15 is 0 Å². The second-order valence-electron chi connectivity index (χ2n) is 10.4. The third-order valence-electron chi connectivity index (χ3n) is 7.96. The SMILES string of the molecule is C/C=C/C(=O)N1CCC[C@@H](NC(=O)C2=C3NC(=O)N(c4cccc(-c5ccccc5)c4)C4CCNC(S2)C34)C1. The van der Waals surface area contributed by atoms with Crippen LogP contribution in [0.2, 0.25) is 0 Å². The molecule has 4 aliphatic rings. The molecule has 0 saturated carbocycles. The topological polar surface area (TPSA) is 93.8 Å². The molecule has 2 aromatic carbocycles. The fraction of sp³-hybridized carbons (Fsp3) is 0.367. The van der Waals surface area contributed by atoms with Crippen molar-refractivity contribution in [3.8, 4) is 11.1 Å². The molecule has 39 heavy (non-hydrogen) atoms. The van der Waals surface area contributed by atoms with Gasteiger partial charge >= 0.3 is 6.03 Å². The number of allylic oxidation sites excluding steroid dienone is 1. The summed E-state index contributed by atoms with van der Waals surface area (Å²) in [5, 5.41) is 9.83. The predicted molar refractivity (Wildman–Crippen MR) is 154 cm³/mol. The first-order chi connectivity index (χ1) is 19.0. The molecule has 3 unspecified atom stereocenters. The zero-order valence-corrected chi connectivity index (χ0v) is 22.7. The van der Waals surface area contributed by atoms with Gasteiger partial charge in [0.15, 0.2) is 0 Å². The number of carbonyl (C=O) groups is 3. The van der Waals surface area contributed by atoms with Crippen molar-refractivity contribution in [3.63, 3.8) is 0 Å². The molecule has 0 radical (unpaired) electrons. The van der Waals surface area contributed by atoms with E-state index in [2.05, 4.69) is 40.2 Å². The highest BCUT2D eigenvalue weighted by molar-refractivity contribution is 8.04. The van der Waals surface area contributed by atoms with Crippen LogP contribution in [-0.2, 0) is 9.59 Å². The third kappa shape index (κ3) is 4.96. The molecule has 4 heterocycles. The molecule has 3 N–H and O–H groups in total. The number of thioether (sulfide) groups is 1. The molecular weight excluding hydrogens is 510 g/mol. The number of amides is 4. The summed E-state index contributed by atoms with van der Waals surface area (Å²) in [5.74, 6) is -0.209. The van der Waals surface area contributed by atoms with E-state index in [1.54, 1.807) is 17.1 Å². The molecule has 0 aliphatic carbocycles. The van der Waals surface area contributed by atoms with Crippen molar-refractivity contribution in [2.24, 2.45) is 5.92 Å². The second-order valence-corrected chi connectivity index (χ2v) is 11.6. The number of anilines is 1. The van der Waals surface area contributed by atoms with E-state index < -0.39 is 0 Å². The van der Waals surface area contributed by atoms with Gasteiger partial charge in [-0.25, -0.2) is 4.79 Å². The molecule has 2 aromatic rings. The van der Waals surface area contributed by atoms with Crippen LogP contribution < -0.4 is 20.9 Å². The summed E-state index contributed by atoms with van der Waals surface area (Å²) in [5.41, 5.74) is 3.74. The Morgan fingerprint density at radius 3 is 2.72 bits per heavy atom. The van der Waals surface area contributed by atoms with Crippen LogP contribution in [0.5, 0.6) is 0 Å². The zero-order valence-electron chi connectivity index (χ0n) is 21.9. The lowest BCUT2D eigenvalue weighted by Crippen LogP contribution is -2.62. The van der Waals surface area contributed by atoms with Crippen LogP contribution in [0, 0.1) is 5.92 Å². The van der Waals surface area contributed by atoms with E-state index in [0.717, 1.165) is 48.3 Å². The van der Waals surface area contributed by atoms with Crippen LogP contribution in [0.3, 0.4) is 0 Å². The van der Waals surface area contributed by atoms with Gasteiger partial charge < -0.3 is 20.9 Å². The van der Waals surface area contributed by atoms with Crippen molar-refractivity contribution >= 4 is 35.3 Å². The van der Waals surface area contributed by atoms with E-state index in [0.29, 0.717) is 18.0 Å². The smallest absolute Gasteiger partial charge is 0.326 e. The maximum absolute atomic E-state index is 13.6. The number of benzene rings is 2. The molecule has 6 rings (SSSR count). The highest BCUT2D eigenvalue weighted by Crippen LogP contribution is 2.48. The number of piperidine rings is 2. The molecule has 0 spiro atoms. The summed E-state index contributed by atoms with van der Waals surface area (Å²) in [6.45, 7) is 3.79. The maximum atomic E-state index is 13.6. The Labute approximate surface area is 232 Å². The van der Waals surface area contributed by atoms with Crippen LogP contribution in [0.1, 0.15) is 26.2 Å². The molecule has 0 bridgehead atoms. The van der Waals surface area contributed by atoms with Crippen LogP contribution >= 0.6 is 11.8 Å². The van der Waals surface area contributed by atoms with E-state index in [9.17, 15) is 14.4 Å². The Morgan fingerprint density at radius 2 is 1.90 bits per heavy atom. The van der Waals surface area contributed by atoms with Crippen molar-refractivity contribution in [1.82, 2.24) is 20.9 Å². The number of urea groups is 1. The summed E-state index contributed by atoms with van der Waals surface area (Å²) in [6, 6.07) is 17.9. The maximum Gasteiger partial charge on any atom is 0.326 e. The Hall–Kier alpha value is -3.56. The van der Waals surface area contributed by atoms with Gasteiger partial charge in [0.05, 0.1) is 16.3 Å². The highest BCUT2D eigenvalue weighted by atomic mass is 32.2. The van der Waals surface area contributed by atoms with E-state index in [1.165, 1.54) is 11.8 Å². The van der Waals surface area contributed by atoms with Gasteiger partial charge in [0.1, 0.15) is 0 Å². The van der Waals surface area contributed by atoms with Gasteiger partial charge in [-0.15, -0.1) is 0 Å². The van der Waals surface area contributed by atoms with Gasteiger partial charge in [0, 0.05) is 36.4 Å². The Morgan fingerprint density at radius 1 is 1.08 bits per heavy atom. The molecular formula is C30H33N5O3S. The summed E-state index contributed by atoms with van der Waals surface area (Å²) in [4.78, 5) is 43.7. The van der Waals surface area contributed by atoms with Gasteiger partial charge in [-0.05, 0) is 62.1 Å². The first-order valence-corrected chi connectivity index (χ1v) is 14.5. The Bertz CT molecular complexity index is 1340. The molecule has 9 heteroatoms. The van der Waals surface area contributed by atoms with Crippen molar-refractivity contribution in [2.45, 2.75) is 43.6 Å². The van der Waals surface area contributed by atoms with E-state index in [-0.39, 0.29) is 41.2 Å². The molecule has 4 atom stereocenters. The number of nitrogens with one attached hydrogen (secondary N) is 3. The average Bonchev–Trinajstić information content (AvgIpc) is 3.33. The molecule has 0 aromatic heterocycles. The Balaban J connectivity index is 1.23. The van der Waals surface area contributed by atoms with Crippen LogP contribution in [0.25, 0.3) is 11.1 Å². The first-order valence-electron chi connectivity index (χ1n) is 13.7. The van der Waals surface area contributed by atoms with Gasteiger partial charge in [-0.2, -0.15) is 0 Å². The zero-order chi connectivity index (χ0) is 26.9. The number of hydrogen-bond donors (Lipinski definition) is 3. The number of nitrogens with zero attached hydrogens (tertiary/aromatic N) is 2. The monoisotopic (exact) mass is 543 g/mol. The number of rotatable bonds is 5. The van der Waals surface area contributed by atoms with E-state index in [4.69, 9.17) is 0 Å². The normalized spacial score (nSPS) is 26.4. The lowest BCUT2D eigenvalue weighted by atomic mass is 9.86. The molecule has 4 aliphatic heterocycles. The van der Waals surface area contributed by atoms with Crippen molar-refractivity contribution < 1.29 is 14.4 Å². The van der Waals surface area contributed by atoms with Crippen LogP contribution in [0.15, 0.2) is 77.4 Å². The second kappa shape index (κ2) is 10.9. The van der Waals surface area contributed by atoms with Crippen molar-refractivity contribution in [1.29, 1.82) is 0 Å². The highest BCUT2D eigenvalue weighted by Gasteiger charge is 2.51. The van der Waals surface area contributed by atoms with Crippen molar-refractivity contribution in [3.05, 3.63) is 77.4 Å². The molecule has 3 saturated heterocycles. The number of carbonyl (C=O) groups excluding carboxylic acids is 3. The lowest BCUT2D eigenvalue weighted by Gasteiger charge is -2.45. The van der Waals surface area contributed by atoms with Crippen molar-refractivity contribution in [2.75, 3.05) is 24.5 Å². The summed E-state index contributed by atoms with van der Waals surface area (Å²) in [6.07, 6.45) is 5.77. The van der Waals surface area contributed by atoms with Gasteiger partial charge in [-0.3, -0.25) is 14.5 Å². The minimum atomic E-state index is -0.203. The van der Waals surface area contributed by atoms with Gasteiger partial charge in [0.2, 0.25) is 5.91 Å². The summed E-state index contributed by atoms with van der Waals surface area (Å²) >= 11 is 1.51. The predicted octanol–water partition coefficient (Wildman–Crippen LogP) is 3.83. The third-order valence-corrected chi connectivity index (χ3v) is 9.31. The molecule has 8 nitrogen and oxygen atoms in total. The molecule has 3 fully saturated rings. The van der Waals surface area contributed by atoms with Gasteiger partial charge in [-0.1, -0.05) is 60.3 Å². The molecule has 202 valence electrons. The fourth-order valence-electron chi connectivity index (χ4n) is 6.18. The van der Waals surface area contributed by atoms with Gasteiger partial charge in [0.25, 0.3) is 5.91 Å². The summed E-state index contributed by atoms with van der Waals surface area (Å²) in [7, 11) is 0. The number of likely N-dealkylation sites (tertiary alicyclic amines) is 1. The standard InChI is InChI=1S/C30H33N5O3S/c1-2-8-24(36)34-16-7-12-21(18-34)32-28(37)27-26-25-23(14-15-31-29(25)39-27)35(30(38)33-26)22-13-6-11-20(17-22)19-9-4-3-5-10-19/h2-6,8-11,13,17,21,23,25,29,31H,7,12,14-16,18H2,1H3,(H,32,37)(H,33,38)/b8-2+/t21-,23?,25?,29?/m1/s1. The number of hydrogen-bond acceptors (Lipinski definition) is 5. The quantitative estimate of drug-likeness (QED) is 0.499. The minimum Gasteiger partial charge on any atom is -0.347 e. The van der Waals surface area contributed by atoms with Crippen LogP contribution in [-0.4, -0.2) is 59.8 Å². The summed E-state index contributed by atoms with van der Waals surface area (Å²) < 4.78 is 0.